The molecule has 140 valence electrons. The average Bonchev–Trinajstić information content (AvgIpc) is 3.22. The monoisotopic (exact) mass is 356 g/mol. The van der Waals surface area contributed by atoms with Crippen LogP contribution in [0.3, 0.4) is 0 Å². The maximum absolute atomic E-state index is 13.1. The molecule has 3 heterocycles. The van der Waals surface area contributed by atoms with Gasteiger partial charge in [-0.05, 0) is 56.2 Å². The van der Waals surface area contributed by atoms with Gasteiger partial charge in [-0.2, -0.15) is 0 Å². The fourth-order valence-corrected chi connectivity index (χ4v) is 4.53. The Hall–Kier alpha value is -2.24. The van der Waals surface area contributed by atoms with E-state index in [2.05, 4.69) is 0 Å². The number of carbonyl (C=O) groups is 2. The lowest BCUT2D eigenvalue weighted by molar-refractivity contribution is -0.123. The number of amides is 3. The van der Waals surface area contributed by atoms with Crippen LogP contribution in [-0.2, 0) is 11.2 Å². The summed E-state index contributed by atoms with van der Waals surface area (Å²) < 4.78 is 0. The number of carbonyl (C=O) groups excluding carboxylic acids is 2. The highest BCUT2D eigenvalue weighted by Gasteiger charge is 2.34. The quantitative estimate of drug-likeness (QED) is 0.786. The third-order valence-corrected chi connectivity index (χ3v) is 6.04. The molecule has 2 fully saturated rings. The molecule has 3 amide bonds. The molecular formula is C20H28N4O2. The number of rotatable bonds is 1. The molecule has 0 unspecified atom stereocenters. The van der Waals surface area contributed by atoms with Gasteiger partial charge in [0, 0.05) is 50.0 Å². The van der Waals surface area contributed by atoms with Gasteiger partial charge in [-0.15, -0.1) is 0 Å². The minimum Gasteiger partial charge on any atom is -0.398 e. The lowest BCUT2D eigenvalue weighted by Gasteiger charge is -2.37. The zero-order valence-corrected chi connectivity index (χ0v) is 15.3. The Morgan fingerprint density at radius 2 is 1.62 bits per heavy atom. The molecule has 6 heteroatoms. The van der Waals surface area contributed by atoms with Crippen molar-refractivity contribution in [2.75, 3.05) is 43.4 Å². The van der Waals surface area contributed by atoms with Crippen LogP contribution >= 0.6 is 0 Å². The molecule has 0 bridgehead atoms. The number of nitrogens with zero attached hydrogens (tertiary/aromatic N) is 3. The molecule has 2 saturated heterocycles. The fourth-order valence-electron chi connectivity index (χ4n) is 4.53. The maximum Gasteiger partial charge on any atom is 0.319 e. The van der Waals surface area contributed by atoms with E-state index in [9.17, 15) is 9.59 Å². The first-order valence-electron chi connectivity index (χ1n) is 9.88. The van der Waals surface area contributed by atoms with E-state index in [0.717, 1.165) is 75.1 Å². The average molecular weight is 356 g/mol. The molecule has 4 rings (SSSR count). The van der Waals surface area contributed by atoms with Crippen molar-refractivity contribution in [2.24, 2.45) is 5.92 Å². The molecule has 0 saturated carbocycles. The van der Waals surface area contributed by atoms with Crippen molar-refractivity contribution in [1.29, 1.82) is 0 Å². The van der Waals surface area contributed by atoms with E-state index in [1.54, 1.807) is 0 Å². The summed E-state index contributed by atoms with van der Waals surface area (Å²) in [6, 6.07) is 6.01. The highest BCUT2D eigenvalue weighted by atomic mass is 16.2. The molecule has 3 aliphatic rings. The summed E-state index contributed by atoms with van der Waals surface area (Å²) in [7, 11) is 0. The zero-order chi connectivity index (χ0) is 18.1. The zero-order valence-electron chi connectivity index (χ0n) is 15.3. The molecular weight excluding hydrogens is 328 g/mol. The second-order valence-corrected chi connectivity index (χ2v) is 7.68. The first kappa shape index (κ1) is 17.2. The van der Waals surface area contributed by atoms with E-state index in [1.807, 2.05) is 32.9 Å². The number of hydrogen-bond acceptors (Lipinski definition) is 3. The summed E-state index contributed by atoms with van der Waals surface area (Å²) in [5.74, 6) is 0.204. The first-order chi connectivity index (χ1) is 12.6. The van der Waals surface area contributed by atoms with E-state index in [0.29, 0.717) is 13.1 Å². The third-order valence-electron chi connectivity index (χ3n) is 6.04. The van der Waals surface area contributed by atoms with Crippen molar-refractivity contribution in [2.45, 2.75) is 38.5 Å². The molecule has 0 aromatic heterocycles. The summed E-state index contributed by atoms with van der Waals surface area (Å²) in [6.07, 6.45) is 5.63. The SMILES string of the molecule is Nc1cccc2c1CCCN2C(=O)C1CCN(C(=O)N2CCCC2)CC1. The van der Waals surface area contributed by atoms with Crippen LogP contribution in [0.1, 0.15) is 37.7 Å². The molecule has 1 aromatic rings. The molecule has 0 atom stereocenters. The predicted molar refractivity (Wildman–Crippen MR) is 102 cm³/mol. The van der Waals surface area contributed by atoms with Gasteiger partial charge >= 0.3 is 6.03 Å². The van der Waals surface area contributed by atoms with Gasteiger partial charge in [0.25, 0.3) is 0 Å². The molecule has 6 nitrogen and oxygen atoms in total. The Morgan fingerprint density at radius 3 is 2.35 bits per heavy atom. The van der Waals surface area contributed by atoms with Crippen molar-refractivity contribution in [3.05, 3.63) is 23.8 Å². The number of anilines is 2. The molecule has 3 aliphatic heterocycles. The van der Waals surface area contributed by atoms with Gasteiger partial charge in [-0.25, -0.2) is 4.79 Å². The molecule has 2 N–H and O–H groups in total. The smallest absolute Gasteiger partial charge is 0.319 e. The standard InChI is InChI=1S/C20H28N4O2/c21-17-6-3-7-18-16(17)5-4-12-24(18)19(25)15-8-13-23(14-9-15)20(26)22-10-1-2-11-22/h3,6-7,15H,1-2,4-5,8-14,21H2. The second-order valence-electron chi connectivity index (χ2n) is 7.68. The number of hydrogen-bond donors (Lipinski definition) is 1. The van der Waals surface area contributed by atoms with Crippen molar-refractivity contribution < 1.29 is 9.59 Å². The summed E-state index contributed by atoms with van der Waals surface area (Å²) in [5, 5.41) is 0. The van der Waals surface area contributed by atoms with Crippen LogP contribution in [0.2, 0.25) is 0 Å². The number of benzene rings is 1. The lowest BCUT2D eigenvalue weighted by atomic mass is 9.92. The van der Waals surface area contributed by atoms with E-state index in [-0.39, 0.29) is 17.9 Å². The van der Waals surface area contributed by atoms with E-state index in [4.69, 9.17) is 5.73 Å². The Balaban J connectivity index is 1.40. The molecule has 0 spiro atoms. The van der Waals surface area contributed by atoms with E-state index >= 15 is 0 Å². The lowest BCUT2D eigenvalue weighted by Crippen LogP contribution is -2.49. The van der Waals surface area contributed by atoms with Crippen LogP contribution < -0.4 is 10.6 Å². The Bertz CT molecular complexity index is 691. The van der Waals surface area contributed by atoms with Gasteiger partial charge in [0.1, 0.15) is 0 Å². The van der Waals surface area contributed by atoms with Gasteiger partial charge in [0.05, 0.1) is 0 Å². The topological polar surface area (TPSA) is 69.9 Å². The maximum atomic E-state index is 13.1. The minimum atomic E-state index is 0.00464. The van der Waals surface area contributed by atoms with Gasteiger partial charge in [0.2, 0.25) is 5.91 Å². The fraction of sp³-hybridized carbons (Fsp3) is 0.600. The highest BCUT2D eigenvalue weighted by molar-refractivity contribution is 5.97. The number of piperidine rings is 1. The van der Waals surface area contributed by atoms with Crippen molar-refractivity contribution in [3.8, 4) is 0 Å². The van der Waals surface area contributed by atoms with Crippen LogP contribution in [-0.4, -0.2) is 54.5 Å². The van der Waals surface area contributed by atoms with Crippen molar-refractivity contribution >= 4 is 23.3 Å². The van der Waals surface area contributed by atoms with Gasteiger partial charge in [-0.1, -0.05) is 6.07 Å². The number of nitrogens with two attached hydrogens (primary N) is 1. The van der Waals surface area contributed by atoms with Gasteiger partial charge in [-0.3, -0.25) is 4.79 Å². The van der Waals surface area contributed by atoms with Crippen molar-refractivity contribution in [3.63, 3.8) is 0 Å². The molecule has 0 radical (unpaired) electrons. The molecule has 1 aromatic carbocycles. The molecule has 26 heavy (non-hydrogen) atoms. The Morgan fingerprint density at radius 1 is 0.923 bits per heavy atom. The summed E-state index contributed by atoms with van der Waals surface area (Å²) in [4.78, 5) is 31.5. The normalized spacial score (nSPS) is 21.0. The van der Waals surface area contributed by atoms with Crippen LogP contribution in [0, 0.1) is 5.92 Å². The van der Waals surface area contributed by atoms with E-state index in [1.165, 1.54) is 0 Å². The number of nitrogen functional groups attached to an aromatic ring is 1. The first-order valence-corrected chi connectivity index (χ1v) is 9.88. The van der Waals surface area contributed by atoms with Gasteiger partial charge < -0.3 is 20.4 Å². The molecule has 0 aliphatic carbocycles. The van der Waals surface area contributed by atoms with Gasteiger partial charge in [0.15, 0.2) is 0 Å². The summed E-state index contributed by atoms with van der Waals surface area (Å²) in [6.45, 7) is 3.89. The number of likely N-dealkylation sites (tertiary alicyclic amines) is 2. The minimum absolute atomic E-state index is 0.00464. The van der Waals surface area contributed by atoms with Crippen LogP contribution in [0.5, 0.6) is 0 Å². The van der Waals surface area contributed by atoms with Crippen LogP contribution in [0.25, 0.3) is 0 Å². The second kappa shape index (κ2) is 7.17. The Kier molecular flexibility index (Phi) is 4.74. The summed E-state index contributed by atoms with van der Waals surface area (Å²) in [5.41, 5.74) is 8.98. The van der Waals surface area contributed by atoms with Crippen LogP contribution in [0.4, 0.5) is 16.2 Å². The highest BCUT2D eigenvalue weighted by Crippen LogP contribution is 2.33. The van der Waals surface area contributed by atoms with Crippen LogP contribution in [0.15, 0.2) is 18.2 Å². The van der Waals surface area contributed by atoms with Crippen molar-refractivity contribution in [1.82, 2.24) is 9.80 Å². The Labute approximate surface area is 154 Å². The van der Waals surface area contributed by atoms with E-state index < -0.39 is 0 Å². The number of urea groups is 1. The largest absolute Gasteiger partial charge is 0.398 e. The predicted octanol–water partition coefficient (Wildman–Crippen LogP) is 2.48. The third kappa shape index (κ3) is 3.13. The summed E-state index contributed by atoms with van der Waals surface area (Å²) >= 11 is 0. The number of fused-ring (bicyclic) bond motifs is 1.